The van der Waals surface area contributed by atoms with E-state index >= 15 is 0 Å². The van der Waals surface area contributed by atoms with Crippen molar-refractivity contribution < 1.29 is 17.6 Å². The maximum Gasteiger partial charge on any atom is 0.336 e. The van der Waals surface area contributed by atoms with E-state index in [1.165, 1.54) is 6.07 Å². The molecule has 1 aliphatic rings. The summed E-state index contributed by atoms with van der Waals surface area (Å²) in [5.74, 6) is 0.557. The quantitative estimate of drug-likeness (QED) is 0.683. The summed E-state index contributed by atoms with van der Waals surface area (Å²) < 4.78 is 29.5. The molecule has 1 aromatic heterocycles. The lowest BCUT2D eigenvalue weighted by Gasteiger charge is -2.28. The van der Waals surface area contributed by atoms with E-state index in [-0.39, 0.29) is 34.2 Å². The highest BCUT2D eigenvalue weighted by atomic mass is 32.2. The average Bonchev–Trinajstić information content (AvgIpc) is 2.61. The average molecular weight is 405 g/mol. The van der Waals surface area contributed by atoms with Gasteiger partial charge in [-0.3, -0.25) is 4.79 Å². The minimum Gasteiger partial charge on any atom is -0.423 e. The SMILES string of the molecule is Cc1cc(=O)oc2cc(CC(=O)C3CCC(CS(=O)(=O)C(C)C)CC3)ccc12. The number of hydrogen-bond acceptors (Lipinski definition) is 5. The van der Waals surface area contributed by atoms with Crippen LogP contribution in [0.1, 0.15) is 50.7 Å². The van der Waals surface area contributed by atoms with E-state index in [9.17, 15) is 18.0 Å². The van der Waals surface area contributed by atoms with E-state index in [1.807, 2.05) is 19.1 Å². The standard InChI is InChI=1S/C22H28O5S/c1-14(2)28(25,26)13-16-4-7-18(8-5-16)20(23)11-17-6-9-19-15(3)10-22(24)27-21(19)12-17/h6,9-10,12,14,16,18H,4-5,7-8,11,13H2,1-3H3. The molecule has 28 heavy (non-hydrogen) atoms. The molecule has 152 valence electrons. The van der Waals surface area contributed by atoms with Gasteiger partial charge in [-0.05, 0) is 69.6 Å². The molecule has 5 nitrogen and oxygen atoms in total. The van der Waals surface area contributed by atoms with Crippen molar-refractivity contribution in [3.05, 3.63) is 45.8 Å². The lowest BCUT2D eigenvalue weighted by Crippen LogP contribution is -2.29. The summed E-state index contributed by atoms with van der Waals surface area (Å²) >= 11 is 0. The molecule has 0 N–H and O–H groups in total. The predicted molar refractivity (Wildman–Crippen MR) is 110 cm³/mol. The second-order valence-corrected chi connectivity index (χ2v) is 10.9. The van der Waals surface area contributed by atoms with Crippen molar-refractivity contribution >= 4 is 26.6 Å². The van der Waals surface area contributed by atoms with Crippen LogP contribution in [0.2, 0.25) is 0 Å². The molecule has 0 aliphatic heterocycles. The van der Waals surface area contributed by atoms with Gasteiger partial charge in [0, 0.05) is 23.8 Å². The fraction of sp³-hybridized carbons (Fsp3) is 0.545. The third kappa shape index (κ3) is 4.72. The lowest BCUT2D eigenvalue weighted by atomic mass is 9.79. The molecule has 6 heteroatoms. The van der Waals surface area contributed by atoms with Gasteiger partial charge >= 0.3 is 5.63 Å². The summed E-state index contributed by atoms with van der Waals surface area (Å²) in [6.45, 7) is 5.30. The van der Waals surface area contributed by atoms with Crippen molar-refractivity contribution in [3.63, 3.8) is 0 Å². The van der Waals surface area contributed by atoms with E-state index in [4.69, 9.17) is 4.42 Å². The summed E-state index contributed by atoms with van der Waals surface area (Å²) in [5, 5.41) is 0.533. The first-order chi connectivity index (χ1) is 13.2. The van der Waals surface area contributed by atoms with Crippen LogP contribution in [-0.2, 0) is 21.1 Å². The van der Waals surface area contributed by atoms with Crippen LogP contribution < -0.4 is 5.63 Å². The Hall–Kier alpha value is -1.95. The molecule has 1 saturated carbocycles. The van der Waals surface area contributed by atoms with E-state index in [0.717, 1.165) is 42.2 Å². The van der Waals surface area contributed by atoms with Crippen LogP contribution >= 0.6 is 0 Å². The maximum absolute atomic E-state index is 12.7. The summed E-state index contributed by atoms with van der Waals surface area (Å²) in [7, 11) is -3.03. The van der Waals surface area contributed by atoms with Crippen LogP contribution in [0.3, 0.4) is 0 Å². The van der Waals surface area contributed by atoms with Gasteiger partial charge < -0.3 is 4.42 Å². The molecule has 3 rings (SSSR count). The third-order valence-corrected chi connectivity index (χ3v) is 8.25. The minimum absolute atomic E-state index is 0.0155. The number of Topliss-reactive ketones (excluding diaryl/α,β-unsaturated/α-hetero) is 1. The Balaban J connectivity index is 1.62. The van der Waals surface area contributed by atoms with Crippen LogP contribution in [0.5, 0.6) is 0 Å². The molecule has 1 heterocycles. The van der Waals surface area contributed by atoms with Gasteiger partial charge in [0.2, 0.25) is 0 Å². The monoisotopic (exact) mass is 404 g/mol. The predicted octanol–water partition coefficient (Wildman–Crippen LogP) is 3.84. The fourth-order valence-electron chi connectivity index (χ4n) is 4.00. The number of sulfone groups is 1. The number of carbonyl (C=O) groups is 1. The number of carbonyl (C=O) groups excluding carboxylic acids is 1. The zero-order chi connectivity index (χ0) is 20.5. The van der Waals surface area contributed by atoms with Gasteiger partial charge in [0.25, 0.3) is 0 Å². The second kappa shape index (κ2) is 8.19. The first-order valence-corrected chi connectivity index (χ1v) is 11.6. The summed E-state index contributed by atoms with van der Waals surface area (Å²) in [4.78, 5) is 24.3. The van der Waals surface area contributed by atoms with Crippen molar-refractivity contribution in [2.24, 2.45) is 11.8 Å². The maximum atomic E-state index is 12.7. The second-order valence-electron chi connectivity index (χ2n) is 8.32. The first kappa shape index (κ1) is 20.8. The molecule has 0 atom stereocenters. The van der Waals surface area contributed by atoms with Gasteiger partial charge in [0.05, 0.1) is 11.0 Å². The molecule has 0 unspecified atom stereocenters. The third-order valence-electron chi connectivity index (χ3n) is 5.88. The fourth-order valence-corrected chi connectivity index (χ4v) is 5.37. The van der Waals surface area contributed by atoms with E-state index in [2.05, 4.69) is 0 Å². The number of benzene rings is 1. The number of hydrogen-bond donors (Lipinski definition) is 0. The van der Waals surface area contributed by atoms with Crippen LogP contribution in [0.15, 0.2) is 33.5 Å². The lowest BCUT2D eigenvalue weighted by molar-refractivity contribution is -0.123. The molecular weight excluding hydrogens is 376 g/mol. The number of fused-ring (bicyclic) bond motifs is 1. The van der Waals surface area contributed by atoms with Crippen LogP contribution in [-0.4, -0.2) is 25.2 Å². The molecule has 2 aromatic rings. The smallest absolute Gasteiger partial charge is 0.336 e. The van der Waals surface area contributed by atoms with Gasteiger partial charge in [-0.15, -0.1) is 0 Å². The summed E-state index contributed by atoms with van der Waals surface area (Å²) in [5.41, 5.74) is 1.83. The molecule has 0 spiro atoms. The molecule has 0 bridgehead atoms. The Morgan fingerprint density at radius 2 is 1.82 bits per heavy atom. The minimum atomic E-state index is -3.03. The Kier molecular flexibility index (Phi) is 6.08. The molecular formula is C22H28O5S. The van der Waals surface area contributed by atoms with Crippen LogP contribution in [0, 0.1) is 18.8 Å². The van der Waals surface area contributed by atoms with E-state index < -0.39 is 9.84 Å². The Labute approximate surface area is 166 Å². The highest BCUT2D eigenvalue weighted by molar-refractivity contribution is 7.91. The van der Waals surface area contributed by atoms with Gasteiger partial charge in [-0.1, -0.05) is 12.1 Å². The van der Waals surface area contributed by atoms with Crippen molar-refractivity contribution in [1.29, 1.82) is 0 Å². The molecule has 1 fully saturated rings. The molecule has 0 saturated heterocycles. The molecule has 0 radical (unpaired) electrons. The summed E-state index contributed by atoms with van der Waals surface area (Å²) in [6, 6.07) is 7.05. The van der Waals surface area contributed by atoms with Crippen LogP contribution in [0.4, 0.5) is 0 Å². The number of ketones is 1. The molecule has 0 amide bonds. The van der Waals surface area contributed by atoms with Gasteiger partial charge in [-0.25, -0.2) is 13.2 Å². The Morgan fingerprint density at radius 3 is 2.46 bits per heavy atom. The normalized spacial score (nSPS) is 20.6. The first-order valence-electron chi connectivity index (χ1n) is 9.93. The zero-order valence-corrected chi connectivity index (χ0v) is 17.6. The highest BCUT2D eigenvalue weighted by Crippen LogP contribution is 2.32. The molecule has 1 aliphatic carbocycles. The van der Waals surface area contributed by atoms with Gasteiger partial charge in [-0.2, -0.15) is 0 Å². The topological polar surface area (TPSA) is 81.4 Å². The van der Waals surface area contributed by atoms with Gasteiger partial charge in [0.1, 0.15) is 11.4 Å². The summed E-state index contributed by atoms with van der Waals surface area (Å²) in [6.07, 6.45) is 3.38. The van der Waals surface area contributed by atoms with Crippen molar-refractivity contribution in [2.45, 2.75) is 58.1 Å². The zero-order valence-electron chi connectivity index (χ0n) is 16.7. The Morgan fingerprint density at radius 1 is 1.14 bits per heavy atom. The largest absolute Gasteiger partial charge is 0.423 e. The Bertz CT molecular complexity index is 1020. The number of rotatable bonds is 6. The van der Waals surface area contributed by atoms with Crippen molar-refractivity contribution in [1.82, 2.24) is 0 Å². The van der Waals surface area contributed by atoms with Gasteiger partial charge in [0.15, 0.2) is 9.84 Å². The van der Waals surface area contributed by atoms with Crippen LogP contribution in [0.25, 0.3) is 11.0 Å². The van der Waals surface area contributed by atoms with Crippen molar-refractivity contribution in [2.75, 3.05) is 5.75 Å². The van der Waals surface area contributed by atoms with Crippen molar-refractivity contribution in [3.8, 4) is 0 Å². The van der Waals surface area contributed by atoms with E-state index in [1.54, 1.807) is 19.9 Å². The molecule has 1 aromatic carbocycles. The van der Waals surface area contributed by atoms with E-state index in [0.29, 0.717) is 12.0 Å². The highest BCUT2D eigenvalue weighted by Gasteiger charge is 2.30. The number of aryl methyl sites for hydroxylation is 1.